The minimum Gasteiger partial charge on any atom is -0.350 e. The van der Waals surface area contributed by atoms with Crippen molar-refractivity contribution in [1.82, 2.24) is 10.3 Å². The minimum atomic E-state index is -3.46. The van der Waals surface area contributed by atoms with Gasteiger partial charge in [0, 0.05) is 19.2 Å². The molecule has 0 atom stereocenters. The van der Waals surface area contributed by atoms with Crippen LogP contribution >= 0.6 is 0 Å². The van der Waals surface area contributed by atoms with Crippen molar-refractivity contribution in [3.05, 3.63) is 59.9 Å². The van der Waals surface area contributed by atoms with Gasteiger partial charge in [-0.15, -0.1) is 0 Å². The van der Waals surface area contributed by atoms with E-state index >= 15 is 0 Å². The Morgan fingerprint density at radius 3 is 2.50 bits per heavy atom. The summed E-state index contributed by atoms with van der Waals surface area (Å²) in [6.45, 7) is 2.26. The van der Waals surface area contributed by atoms with Gasteiger partial charge in [0.25, 0.3) is 0 Å². The van der Waals surface area contributed by atoms with E-state index in [0.717, 1.165) is 17.5 Å². The molecule has 6 nitrogen and oxygen atoms in total. The van der Waals surface area contributed by atoms with Crippen molar-refractivity contribution in [3.8, 4) is 0 Å². The first-order valence-corrected chi connectivity index (χ1v) is 9.42. The van der Waals surface area contributed by atoms with Crippen molar-refractivity contribution in [1.29, 1.82) is 0 Å². The lowest BCUT2D eigenvalue weighted by atomic mass is 10.2. The Labute approximate surface area is 142 Å². The third-order valence-electron chi connectivity index (χ3n) is 3.52. The summed E-state index contributed by atoms with van der Waals surface area (Å²) in [5, 5.41) is 2.75. The van der Waals surface area contributed by atoms with Crippen LogP contribution in [0.4, 0.5) is 5.69 Å². The topological polar surface area (TPSA) is 79.4 Å². The van der Waals surface area contributed by atoms with Crippen LogP contribution in [0.3, 0.4) is 0 Å². The molecule has 1 aromatic heterocycles. The number of benzene rings is 1. The third-order valence-corrected chi connectivity index (χ3v) is 4.70. The van der Waals surface area contributed by atoms with Crippen LogP contribution < -0.4 is 9.62 Å². The fraction of sp³-hybridized carbons (Fsp3) is 0.294. The molecular weight excluding hydrogens is 326 g/mol. The zero-order valence-electron chi connectivity index (χ0n) is 13.8. The Morgan fingerprint density at radius 2 is 1.88 bits per heavy atom. The summed E-state index contributed by atoms with van der Waals surface area (Å²) in [4.78, 5) is 16.1. The molecule has 0 aliphatic carbocycles. The number of carbonyl (C=O) groups excluding carboxylic acids is 1. The monoisotopic (exact) mass is 347 g/mol. The Bertz CT molecular complexity index is 792. The number of nitrogens with zero attached hydrogens (tertiary/aromatic N) is 2. The quantitative estimate of drug-likeness (QED) is 0.829. The molecule has 1 N–H and O–H groups in total. The lowest BCUT2D eigenvalue weighted by molar-refractivity contribution is -0.121. The van der Waals surface area contributed by atoms with Gasteiger partial charge in [-0.05, 0) is 30.7 Å². The largest absolute Gasteiger partial charge is 0.350 e. The van der Waals surface area contributed by atoms with Crippen LogP contribution in [0.25, 0.3) is 0 Å². The highest BCUT2D eigenvalue weighted by atomic mass is 32.2. The molecule has 0 saturated heterocycles. The summed E-state index contributed by atoms with van der Waals surface area (Å²) in [5.41, 5.74) is 2.19. The van der Waals surface area contributed by atoms with Crippen LogP contribution in [0.5, 0.6) is 0 Å². The van der Waals surface area contributed by atoms with Gasteiger partial charge in [-0.3, -0.25) is 14.1 Å². The first kappa shape index (κ1) is 17.9. The average Bonchev–Trinajstić information content (AvgIpc) is 2.54. The molecule has 2 aromatic rings. The van der Waals surface area contributed by atoms with Gasteiger partial charge in [-0.25, -0.2) is 8.42 Å². The fourth-order valence-electron chi connectivity index (χ4n) is 2.29. The van der Waals surface area contributed by atoms with Gasteiger partial charge in [0.2, 0.25) is 15.9 Å². The van der Waals surface area contributed by atoms with Gasteiger partial charge < -0.3 is 5.32 Å². The summed E-state index contributed by atoms with van der Waals surface area (Å²) in [5.74, 6) is -0.220. The third kappa shape index (κ3) is 5.06. The minimum absolute atomic E-state index is 0.0776. The van der Waals surface area contributed by atoms with Gasteiger partial charge in [-0.1, -0.05) is 24.3 Å². The molecule has 24 heavy (non-hydrogen) atoms. The first-order valence-electron chi connectivity index (χ1n) is 7.58. The second-order valence-corrected chi connectivity index (χ2v) is 7.38. The standard InChI is InChI=1S/C17H21N3O3S/c1-14-7-3-4-9-16(14)20(24(2,22)23)12-10-17(21)19-13-15-8-5-6-11-18-15/h3-9,11H,10,12-13H2,1-2H3,(H,19,21). The SMILES string of the molecule is Cc1ccccc1N(CCC(=O)NCc1ccccn1)S(C)(=O)=O. The molecule has 0 aliphatic rings. The van der Waals surface area contributed by atoms with Gasteiger partial charge in [0.05, 0.1) is 24.2 Å². The Kier molecular flexibility index (Phi) is 5.92. The normalized spacial score (nSPS) is 11.1. The van der Waals surface area contributed by atoms with Crippen molar-refractivity contribution >= 4 is 21.6 Å². The number of hydrogen-bond acceptors (Lipinski definition) is 4. The van der Waals surface area contributed by atoms with E-state index in [2.05, 4.69) is 10.3 Å². The molecule has 0 fully saturated rings. The second-order valence-electron chi connectivity index (χ2n) is 5.47. The highest BCUT2D eigenvalue weighted by Gasteiger charge is 2.19. The number of sulfonamides is 1. The summed E-state index contributed by atoms with van der Waals surface area (Å²) in [7, 11) is -3.46. The highest BCUT2D eigenvalue weighted by molar-refractivity contribution is 7.92. The van der Waals surface area contributed by atoms with Gasteiger partial charge >= 0.3 is 0 Å². The predicted octanol–water partition coefficient (Wildman–Crippen LogP) is 1.86. The zero-order valence-corrected chi connectivity index (χ0v) is 14.6. The molecule has 2 rings (SSSR count). The van der Waals surface area contributed by atoms with Crippen molar-refractivity contribution < 1.29 is 13.2 Å². The molecule has 0 radical (unpaired) electrons. The maximum Gasteiger partial charge on any atom is 0.232 e. The van der Waals surface area contributed by atoms with E-state index in [-0.39, 0.29) is 18.9 Å². The number of amides is 1. The van der Waals surface area contributed by atoms with Crippen molar-refractivity contribution in [2.24, 2.45) is 0 Å². The van der Waals surface area contributed by atoms with E-state index in [1.807, 2.05) is 31.2 Å². The number of pyridine rings is 1. The first-order chi connectivity index (χ1) is 11.4. The van der Waals surface area contributed by atoms with E-state index in [1.54, 1.807) is 24.4 Å². The molecule has 0 unspecified atom stereocenters. The van der Waals surface area contributed by atoms with E-state index in [1.165, 1.54) is 4.31 Å². The number of hydrogen-bond donors (Lipinski definition) is 1. The van der Waals surface area contributed by atoms with Crippen LogP contribution in [0.2, 0.25) is 0 Å². The molecule has 7 heteroatoms. The molecule has 0 saturated carbocycles. The van der Waals surface area contributed by atoms with Crippen molar-refractivity contribution in [3.63, 3.8) is 0 Å². The maximum absolute atomic E-state index is 12.1. The lowest BCUT2D eigenvalue weighted by Gasteiger charge is -2.23. The number of nitrogens with one attached hydrogen (secondary N) is 1. The number of rotatable bonds is 7. The summed E-state index contributed by atoms with van der Waals surface area (Å²) in [6, 6.07) is 12.7. The molecule has 1 heterocycles. The maximum atomic E-state index is 12.1. The van der Waals surface area contributed by atoms with Crippen LogP contribution in [-0.4, -0.2) is 32.1 Å². The molecule has 1 amide bonds. The van der Waals surface area contributed by atoms with Crippen LogP contribution in [0.1, 0.15) is 17.7 Å². The van der Waals surface area contributed by atoms with Gasteiger partial charge in [0.15, 0.2) is 0 Å². The number of para-hydroxylation sites is 1. The van der Waals surface area contributed by atoms with Crippen molar-refractivity contribution in [2.75, 3.05) is 17.1 Å². The molecular formula is C17H21N3O3S. The lowest BCUT2D eigenvalue weighted by Crippen LogP contribution is -2.35. The molecule has 128 valence electrons. The Morgan fingerprint density at radius 1 is 1.17 bits per heavy atom. The van der Waals surface area contributed by atoms with Crippen LogP contribution in [0.15, 0.2) is 48.7 Å². The zero-order chi connectivity index (χ0) is 17.6. The van der Waals surface area contributed by atoms with E-state index in [4.69, 9.17) is 0 Å². The number of aryl methyl sites for hydroxylation is 1. The molecule has 0 spiro atoms. The smallest absolute Gasteiger partial charge is 0.232 e. The summed E-state index contributed by atoms with van der Waals surface area (Å²) >= 11 is 0. The summed E-state index contributed by atoms with van der Waals surface area (Å²) < 4.78 is 25.4. The predicted molar refractivity (Wildman–Crippen MR) is 94.1 cm³/mol. The average molecular weight is 347 g/mol. The van der Waals surface area contributed by atoms with Crippen LogP contribution in [0, 0.1) is 6.92 Å². The van der Waals surface area contributed by atoms with Crippen molar-refractivity contribution in [2.45, 2.75) is 19.9 Å². The fourth-order valence-corrected chi connectivity index (χ4v) is 3.28. The Hall–Kier alpha value is -2.41. The van der Waals surface area contributed by atoms with E-state index < -0.39 is 10.0 Å². The molecule has 0 aliphatic heterocycles. The van der Waals surface area contributed by atoms with Gasteiger partial charge in [-0.2, -0.15) is 0 Å². The molecule has 0 bridgehead atoms. The second kappa shape index (κ2) is 7.92. The highest BCUT2D eigenvalue weighted by Crippen LogP contribution is 2.22. The van der Waals surface area contributed by atoms with E-state index in [0.29, 0.717) is 12.2 Å². The van der Waals surface area contributed by atoms with Gasteiger partial charge in [0.1, 0.15) is 0 Å². The van der Waals surface area contributed by atoms with Crippen LogP contribution in [-0.2, 0) is 21.4 Å². The Balaban J connectivity index is 1.98. The number of carbonyl (C=O) groups is 1. The number of anilines is 1. The number of aromatic nitrogens is 1. The molecule has 1 aromatic carbocycles. The summed E-state index contributed by atoms with van der Waals surface area (Å²) in [6.07, 6.45) is 2.88. The van der Waals surface area contributed by atoms with E-state index in [9.17, 15) is 13.2 Å².